The number of hydrogen-bond acceptors (Lipinski definition) is 6. The van der Waals surface area contributed by atoms with Crippen LogP contribution in [0.2, 0.25) is 0 Å². The number of nitrogens with one attached hydrogen (secondary N) is 1. The minimum Gasteiger partial charge on any atom is -0.484 e. The highest BCUT2D eigenvalue weighted by atomic mass is 32.2. The quantitative estimate of drug-likeness (QED) is 0.393. The van der Waals surface area contributed by atoms with Crippen LogP contribution in [0.5, 0.6) is 5.75 Å². The number of likely N-dealkylation sites (N-methyl/N-ethyl adjacent to an activating group) is 1. The van der Waals surface area contributed by atoms with Crippen LogP contribution in [0.25, 0.3) is 0 Å². The fraction of sp³-hybridized carbons (Fsp3) is 0.310. The van der Waals surface area contributed by atoms with Gasteiger partial charge in [0.25, 0.3) is 5.91 Å². The number of nitrogens with zero attached hydrogens (tertiary/aromatic N) is 2. The van der Waals surface area contributed by atoms with Gasteiger partial charge in [-0.2, -0.15) is 4.31 Å². The van der Waals surface area contributed by atoms with Crippen LogP contribution in [0.3, 0.4) is 0 Å². The van der Waals surface area contributed by atoms with Gasteiger partial charge in [-0.05, 0) is 42.3 Å². The Kier molecular flexibility index (Phi) is 9.69. The summed E-state index contributed by atoms with van der Waals surface area (Å²) in [6.45, 7) is 3.47. The molecule has 0 saturated carbocycles. The number of ether oxygens (including phenoxy) is 2. The second-order valence-electron chi connectivity index (χ2n) is 8.99. The third-order valence-electron chi connectivity index (χ3n) is 6.34. The topological polar surface area (TPSA) is 105 Å². The molecule has 1 aliphatic heterocycles. The van der Waals surface area contributed by atoms with E-state index in [1.807, 2.05) is 67.6 Å². The molecule has 2 amide bonds. The molecule has 4 rings (SSSR count). The molecule has 1 atom stereocenters. The first kappa shape index (κ1) is 28.3. The Bertz CT molecular complexity index is 1330. The smallest absolute Gasteiger partial charge is 0.261 e. The SMILES string of the molecule is CCNC(=O)C(c1ccccc1)N(Cc1ccccc1)C(=O)COc1ccc(S(=O)(=O)N2CCOCC2)cc1. The van der Waals surface area contributed by atoms with Crippen LogP contribution in [0.15, 0.2) is 89.8 Å². The average molecular weight is 552 g/mol. The molecule has 0 radical (unpaired) electrons. The lowest BCUT2D eigenvalue weighted by Crippen LogP contribution is -2.45. The maximum absolute atomic E-state index is 13.6. The van der Waals surface area contributed by atoms with Gasteiger partial charge in [-0.3, -0.25) is 9.59 Å². The Morgan fingerprint density at radius 1 is 0.949 bits per heavy atom. The fourth-order valence-corrected chi connectivity index (χ4v) is 5.76. The van der Waals surface area contributed by atoms with Crippen molar-refractivity contribution in [1.82, 2.24) is 14.5 Å². The molecule has 0 aliphatic carbocycles. The van der Waals surface area contributed by atoms with Gasteiger partial charge in [-0.25, -0.2) is 8.42 Å². The number of carbonyl (C=O) groups is 2. The zero-order valence-electron chi connectivity index (χ0n) is 21.9. The fourth-order valence-electron chi connectivity index (χ4n) is 4.35. The van der Waals surface area contributed by atoms with E-state index in [4.69, 9.17) is 9.47 Å². The van der Waals surface area contributed by atoms with Gasteiger partial charge in [0.1, 0.15) is 11.8 Å². The molecule has 3 aromatic rings. The van der Waals surface area contributed by atoms with Gasteiger partial charge in [0.05, 0.1) is 18.1 Å². The first-order valence-electron chi connectivity index (χ1n) is 12.9. The summed E-state index contributed by atoms with van der Waals surface area (Å²) in [7, 11) is -3.64. The predicted octanol–water partition coefficient (Wildman–Crippen LogP) is 2.99. The van der Waals surface area contributed by atoms with E-state index in [1.165, 1.54) is 33.5 Å². The standard InChI is InChI=1S/C29H33N3O6S/c1-2-30-29(34)28(24-11-7-4-8-12-24)32(21-23-9-5-3-6-10-23)27(33)22-38-25-13-15-26(16-14-25)39(35,36)31-17-19-37-20-18-31/h3-16,28H,2,17-22H2,1H3,(H,30,34). The van der Waals surface area contributed by atoms with Crippen LogP contribution in [0, 0.1) is 0 Å². The van der Waals surface area contributed by atoms with Crippen LogP contribution in [0.4, 0.5) is 0 Å². The van der Waals surface area contributed by atoms with Gasteiger partial charge in [-0.15, -0.1) is 0 Å². The Hall–Kier alpha value is -3.73. The first-order chi connectivity index (χ1) is 18.9. The van der Waals surface area contributed by atoms with Crippen LogP contribution in [-0.4, -0.2) is 68.9 Å². The molecule has 39 heavy (non-hydrogen) atoms. The summed E-state index contributed by atoms with van der Waals surface area (Å²) in [5.74, 6) is -0.326. The predicted molar refractivity (Wildman–Crippen MR) is 146 cm³/mol. The maximum atomic E-state index is 13.6. The second kappa shape index (κ2) is 13.4. The van der Waals surface area contributed by atoms with E-state index in [1.54, 1.807) is 0 Å². The molecule has 1 saturated heterocycles. The molecule has 1 unspecified atom stereocenters. The highest BCUT2D eigenvalue weighted by Crippen LogP contribution is 2.25. The van der Waals surface area contributed by atoms with Crippen molar-refractivity contribution in [2.45, 2.75) is 24.4 Å². The van der Waals surface area contributed by atoms with Gasteiger partial charge in [0.15, 0.2) is 6.61 Å². The monoisotopic (exact) mass is 551 g/mol. The molecule has 1 aliphatic rings. The number of hydrogen-bond donors (Lipinski definition) is 1. The number of amides is 2. The molecule has 206 valence electrons. The average Bonchev–Trinajstić information content (AvgIpc) is 2.97. The van der Waals surface area contributed by atoms with Gasteiger partial charge in [0, 0.05) is 26.2 Å². The first-order valence-corrected chi connectivity index (χ1v) is 14.3. The van der Waals surface area contributed by atoms with Crippen molar-refractivity contribution in [3.05, 3.63) is 96.1 Å². The summed E-state index contributed by atoms with van der Waals surface area (Å²) in [5, 5.41) is 2.84. The third-order valence-corrected chi connectivity index (χ3v) is 8.25. The molecule has 1 fully saturated rings. The molecule has 10 heteroatoms. The Balaban J connectivity index is 1.53. The molecule has 0 spiro atoms. The molecule has 1 heterocycles. The number of carbonyl (C=O) groups excluding carboxylic acids is 2. The van der Waals surface area contributed by atoms with Gasteiger partial charge in [0.2, 0.25) is 15.9 Å². The second-order valence-corrected chi connectivity index (χ2v) is 10.9. The molecule has 0 bridgehead atoms. The maximum Gasteiger partial charge on any atom is 0.261 e. The molecule has 0 aromatic heterocycles. The summed E-state index contributed by atoms with van der Waals surface area (Å²) in [4.78, 5) is 28.4. The highest BCUT2D eigenvalue weighted by molar-refractivity contribution is 7.89. The Labute approximate surface area is 229 Å². The number of benzene rings is 3. The molecular weight excluding hydrogens is 518 g/mol. The lowest BCUT2D eigenvalue weighted by molar-refractivity contribution is -0.143. The van der Waals surface area contributed by atoms with Crippen LogP contribution < -0.4 is 10.1 Å². The minimum atomic E-state index is -3.64. The largest absolute Gasteiger partial charge is 0.484 e. The van der Waals surface area contributed by atoms with Crippen molar-refractivity contribution in [3.8, 4) is 5.75 Å². The van der Waals surface area contributed by atoms with E-state index in [0.717, 1.165) is 5.56 Å². The molecule has 1 N–H and O–H groups in total. The van der Waals surface area contributed by atoms with Gasteiger partial charge >= 0.3 is 0 Å². The third kappa shape index (κ3) is 7.23. The van der Waals surface area contributed by atoms with Crippen LogP contribution in [0.1, 0.15) is 24.1 Å². The summed E-state index contributed by atoms with van der Waals surface area (Å²) in [5.41, 5.74) is 1.55. The lowest BCUT2D eigenvalue weighted by Gasteiger charge is -2.31. The Morgan fingerprint density at radius 3 is 2.18 bits per heavy atom. The van der Waals surface area contributed by atoms with Gasteiger partial charge < -0.3 is 19.7 Å². The van der Waals surface area contributed by atoms with E-state index in [9.17, 15) is 18.0 Å². The van der Waals surface area contributed by atoms with E-state index in [2.05, 4.69) is 5.32 Å². The summed E-state index contributed by atoms with van der Waals surface area (Å²) < 4.78 is 38.2. The lowest BCUT2D eigenvalue weighted by atomic mass is 10.0. The van der Waals surface area contributed by atoms with Crippen molar-refractivity contribution in [2.24, 2.45) is 0 Å². The molecule has 3 aromatic carbocycles. The van der Waals surface area contributed by atoms with Crippen molar-refractivity contribution < 1.29 is 27.5 Å². The normalized spacial score (nSPS) is 14.8. The van der Waals surface area contributed by atoms with Gasteiger partial charge in [-0.1, -0.05) is 60.7 Å². The Morgan fingerprint density at radius 2 is 1.56 bits per heavy atom. The summed E-state index contributed by atoms with van der Waals surface area (Å²) in [6, 6.07) is 23.7. The van der Waals surface area contributed by atoms with Crippen molar-refractivity contribution in [1.29, 1.82) is 0 Å². The summed E-state index contributed by atoms with van der Waals surface area (Å²) in [6.07, 6.45) is 0. The van der Waals surface area contributed by atoms with E-state index < -0.39 is 16.1 Å². The van der Waals surface area contributed by atoms with E-state index in [-0.39, 0.29) is 29.9 Å². The van der Waals surface area contributed by atoms with Crippen LogP contribution in [-0.2, 0) is 30.9 Å². The van der Waals surface area contributed by atoms with E-state index in [0.29, 0.717) is 44.2 Å². The summed E-state index contributed by atoms with van der Waals surface area (Å²) >= 11 is 0. The number of rotatable bonds is 11. The molecule has 9 nitrogen and oxygen atoms in total. The zero-order valence-corrected chi connectivity index (χ0v) is 22.7. The van der Waals surface area contributed by atoms with E-state index >= 15 is 0 Å². The molecular formula is C29H33N3O6S. The highest BCUT2D eigenvalue weighted by Gasteiger charge is 2.32. The van der Waals surface area contributed by atoms with Crippen molar-refractivity contribution >= 4 is 21.8 Å². The van der Waals surface area contributed by atoms with Crippen molar-refractivity contribution in [2.75, 3.05) is 39.5 Å². The number of sulfonamides is 1. The van der Waals surface area contributed by atoms with Crippen molar-refractivity contribution in [3.63, 3.8) is 0 Å². The minimum absolute atomic E-state index is 0.147. The van der Waals surface area contributed by atoms with Crippen LogP contribution >= 0.6 is 0 Å². The number of morpholine rings is 1. The zero-order chi connectivity index (χ0) is 27.7.